The summed E-state index contributed by atoms with van der Waals surface area (Å²) in [5, 5.41) is 10.7. The quantitative estimate of drug-likeness (QED) is 0.112. The number of para-hydroxylation sites is 1. The Morgan fingerprint density at radius 3 is 1.04 bits per heavy atom. The van der Waals surface area contributed by atoms with Crippen LogP contribution in [0.4, 0.5) is 34.1 Å². The van der Waals surface area contributed by atoms with Crippen molar-refractivity contribution in [1.82, 2.24) is 9.97 Å². The normalized spacial score (nSPS) is 12.4. The number of anilines is 6. The molecule has 0 spiro atoms. The highest BCUT2D eigenvalue weighted by atomic mass is 15.2. The second-order valence-electron chi connectivity index (χ2n) is 23.6. The predicted molar refractivity (Wildman–Crippen MR) is 376 cm³/mol. The smallest absolute Gasteiger partial charge is 0.252 e. The third kappa shape index (κ3) is 8.46. The van der Waals surface area contributed by atoms with Crippen molar-refractivity contribution in [1.29, 1.82) is 0 Å². The van der Waals surface area contributed by atoms with E-state index in [2.05, 4.69) is 331 Å². The Balaban J connectivity index is 1.02. The van der Waals surface area contributed by atoms with E-state index in [4.69, 9.17) is 9.97 Å². The van der Waals surface area contributed by atoms with E-state index in [-0.39, 0.29) is 6.71 Å². The van der Waals surface area contributed by atoms with Gasteiger partial charge in [-0.15, -0.1) is 0 Å². The summed E-state index contributed by atoms with van der Waals surface area (Å²) in [6.07, 6.45) is 0. The second kappa shape index (κ2) is 20.5. The van der Waals surface area contributed by atoms with Gasteiger partial charge in [0.05, 0.1) is 11.2 Å². The molecule has 89 heavy (non-hydrogen) atoms. The van der Waals surface area contributed by atoms with Crippen molar-refractivity contribution < 1.29 is 0 Å². The summed E-state index contributed by atoms with van der Waals surface area (Å²) in [5.41, 5.74) is 23.0. The minimum Gasteiger partial charge on any atom is -0.311 e. The molecule has 4 nitrogen and oxygen atoms in total. The molecule has 0 radical (unpaired) electrons. The fourth-order valence-corrected chi connectivity index (χ4v) is 14.4. The average Bonchev–Trinajstić information content (AvgIpc) is 0.722. The van der Waals surface area contributed by atoms with E-state index < -0.39 is 0 Å². The molecule has 3 heterocycles. The first kappa shape index (κ1) is 50.6. The van der Waals surface area contributed by atoms with Gasteiger partial charge in [-0.25, -0.2) is 9.97 Å². The van der Waals surface area contributed by atoms with Gasteiger partial charge in [-0.1, -0.05) is 255 Å². The summed E-state index contributed by atoms with van der Waals surface area (Å²) in [6, 6.07) is 118. The van der Waals surface area contributed by atoms with Crippen LogP contribution in [-0.4, -0.2) is 16.7 Å². The molecule has 18 rings (SSSR count). The van der Waals surface area contributed by atoms with Crippen LogP contribution in [0.1, 0.15) is 0 Å². The van der Waals surface area contributed by atoms with Crippen molar-refractivity contribution in [2.24, 2.45) is 0 Å². The number of benzene rings is 15. The molecule has 0 bridgehead atoms. The van der Waals surface area contributed by atoms with E-state index in [1.165, 1.54) is 59.5 Å². The molecule has 412 valence electrons. The number of aromatic nitrogens is 2. The summed E-state index contributed by atoms with van der Waals surface area (Å²) < 4.78 is 0. The molecule has 0 saturated heterocycles. The monoisotopic (exact) mass is 1130 g/mol. The van der Waals surface area contributed by atoms with Crippen LogP contribution < -0.4 is 26.2 Å². The van der Waals surface area contributed by atoms with Gasteiger partial charge < -0.3 is 9.80 Å². The Labute approximate surface area is 516 Å². The van der Waals surface area contributed by atoms with Crippen molar-refractivity contribution >= 4 is 111 Å². The zero-order chi connectivity index (χ0) is 58.5. The Kier molecular flexibility index (Phi) is 11.7. The molecular formula is C84H53BN4. The summed E-state index contributed by atoms with van der Waals surface area (Å²) in [4.78, 5) is 16.4. The van der Waals surface area contributed by atoms with Gasteiger partial charge in [0.25, 0.3) is 6.71 Å². The Hall–Kier alpha value is -11.7. The Morgan fingerprint density at radius 1 is 0.236 bits per heavy atom. The van der Waals surface area contributed by atoms with Gasteiger partial charge in [-0.3, -0.25) is 0 Å². The van der Waals surface area contributed by atoms with Crippen LogP contribution in [0, 0.1) is 0 Å². The van der Waals surface area contributed by atoms with Gasteiger partial charge in [0.2, 0.25) is 0 Å². The number of nitrogens with zero attached hydrogens (tertiary/aromatic N) is 4. The lowest BCUT2D eigenvalue weighted by molar-refractivity contribution is 1.21. The van der Waals surface area contributed by atoms with Gasteiger partial charge in [0.15, 0.2) is 5.82 Å². The molecule has 0 aliphatic carbocycles. The molecule has 2 aliphatic rings. The number of rotatable bonds is 8. The Morgan fingerprint density at radius 2 is 0.607 bits per heavy atom. The summed E-state index contributed by atoms with van der Waals surface area (Å²) in [5.74, 6) is 0.649. The molecule has 15 aromatic carbocycles. The lowest BCUT2D eigenvalue weighted by Gasteiger charge is -2.45. The largest absolute Gasteiger partial charge is 0.311 e. The predicted octanol–water partition coefficient (Wildman–Crippen LogP) is 20.3. The van der Waals surface area contributed by atoms with Crippen molar-refractivity contribution in [2.75, 3.05) is 9.80 Å². The minimum atomic E-state index is -0.229. The van der Waals surface area contributed by atoms with Crippen LogP contribution in [-0.2, 0) is 0 Å². The number of fused-ring (bicyclic) bond motifs is 11. The summed E-state index contributed by atoms with van der Waals surface area (Å²) >= 11 is 0. The van der Waals surface area contributed by atoms with Crippen molar-refractivity contribution in [3.8, 4) is 67.2 Å². The molecule has 0 fully saturated rings. The number of hydrogen-bond donors (Lipinski definition) is 0. The SMILES string of the molecule is c1ccc(-c2cc(-c3ccccc3)cc(N3c4cc5ccc6ccccc6c5cc4B4c5cc6c(ccc7ccccc76)cc5N(c5cc(-c6ccccc6)cc(-c6ccccc6)c5)c5cc(-c6nc(-c7ccccc7)c7ccccc7n6)cc3c54)c2)cc1. The number of hydrogen-bond acceptors (Lipinski definition) is 4. The highest BCUT2D eigenvalue weighted by Crippen LogP contribution is 2.50. The van der Waals surface area contributed by atoms with E-state index in [0.717, 1.165) is 106 Å². The van der Waals surface area contributed by atoms with Gasteiger partial charge in [-0.2, -0.15) is 0 Å². The topological polar surface area (TPSA) is 32.3 Å². The van der Waals surface area contributed by atoms with Crippen LogP contribution in [0.25, 0.3) is 121 Å². The van der Waals surface area contributed by atoms with Crippen LogP contribution in [0.5, 0.6) is 0 Å². The van der Waals surface area contributed by atoms with Gasteiger partial charge in [0.1, 0.15) is 0 Å². The summed E-state index contributed by atoms with van der Waals surface area (Å²) in [6.45, 7) is -0.229. The molecule has 0 amide bonds. The maximum atomic E-state index is 5.69. The fraction of sp³-hybridized carbons (Fsp3) is 0. The molecule has 0 atom stereocenters. The van der Waals surface area contributed by atoms with Crippen LogP contribution in [0.3, 0.4) is 0 Å². The zero-order valence-corrected chi connectivity index (χ0v) is 48.5. The average molecular weight is 1130 g/mol. The van der Waals surface area contributed by atoms with Gasteiger partial charge in [0, 0.05) is 50.6 Å². The van der Waals surface area contributed by atoms with E-state index >= 15 is 0 Å². The van der Waals surface area contributed by atoms with Crippen molar-refractivity contribution in [3.05, 3.63) is 322 Å². The lowest BCUT2D eigenvalue weighted by atomic mass is 9.33. The standard InChI is InChI=1S/C84H53BN4/c1-6-22-54(23-7-1)63-42-64(55-24-8-2-9-25-55)45-68(44-63)88-78-48-61-40-38-58-30-16-18-34-70(58)73(61)52-75(78)85-76-53-74-62(41-39-59-31-17-19-35-71(59)74)49-79(76)89(69-46-65(56-26-10-3-11-27-56)43-66(47-69)57-28-12-4-13-29-57)81-51-67(50-80(88)82(81)85)84-86-77-37-21-20-36-72(77)83(87-84)60-32-14-5-15-33-60/h1-53H. The molecule has 1 aromatic heterocycles. The zero-order valence-electron chi connectivity index (χ0n) is 48.5. The van der Waals surface area contributed by atoms with Crippen molar-refractivity contribution in [3.63, 3.8) is 0 Å². The third-order valence-corrected chi connectivity index (χ3v) is 18.5. The minimum absolute atomic E-state index is 0.229. The molecule has 5 heteroatoms. The second-order valence-corrected chi connectivity index (χ2v) is 23.6. The van der Waals surface area contributed by atoms with Crippen molar-refractivity contribution in [2.45, 2.75) is 0 Å². The molecule has 0 saturated carbocycles. The fourth-order valence-electron chi connectivity index (χ4n) is 14.4. The van der Waals surface area contributed by atoms with Crippen LogP contribution in [0.2, 0.25) is 0 Å². The molecular weight excluding hydrogens is 1080 g/mol. The first-order valence-corrected chi connectivity index (χ1v) is 30.6. The summed E-state index contributed by atoms with van der Waals surface area (Å²) in [7, 11) is 0. The first-order valence-electron chi connectivity index (χ1n) is 30.6. The van der Waals surface area contributed by atoms with E-state index in [0.29, 0.717) is 5.82 Å². The lowest BCUT2D eigenvalue weighted by Crippen LogP contribution is -2.61. The van der Waals surface area contributed by atoms with E-state index in [1.807, 2.05) is 0 Å². The van der Waals surface area contributed by atoms with Crippen LogP contribution in [0.15, 0.2) is 322 Å². The highest BCUT2D eigenvalue weighted by molar-refractivity contribution is 7.00. The molecule has 0 unspecified atom stereocenters. The Bertz CT molecular complexity index is 5110. The highest BCUT2D eigenvalue weighted by Gasteiger charge is 2.45. The molecule has 16 aromatic rings. The maximum Gasteiger partial charge on any atom is 0.252 e. The molecule has 2 aliphatic heterocycles. The van der Waals surface area contributed by atoms with Crippen LogP contribution >= 0.6 is 0 Å². The van der Waals surface area contributed by atoms with E-state index in [1.54, 1.807) is 0 Å². The third-order valence-electron chi connectivity index (χ3n) is 18.5. The van der Waals surface area contributed by atoms with Gasteiger partial charge in [-0.05, 0) is 171 Å². The first-order chi connectivity index (χ1) is 44.1. The van der Waals surface area contributed by atoms with E-state index in [9.17, 15) is 0 Å². The molecule has 0 N–H and O–H groups in total. The van der Waals surface area contributed by atoms with Gasteiger partial charge >= 0.3 is 0 Å². The maximum absolute atomic E-state index is 5.69.